The Morgan fingerprint density at radius 1 is 1.38 bits per heavy atom. The van der Waals surface area contributed by atoms with Crippen molar-refractivity contribution >= 4 is 11.6 Å². The molecule has 1 aromatic carbocycles. The van der Waals surface area contributed by atoms with E-state index < -0.39 is 0 Å². The summed E-state index contributed by atoms with van der Waals surface area (Å²) >= 11 is 5.97. The summed E-state index contributed by atoms with van der Waals surface area (Å²) in [7, 11) is 0. The van der Waals surface area contributed by atoms with Crippen LogP contribution in [0.3, 0.4) is 0 Å². The average molecular weight is 242 g/mol. The monoisotopic (exact) mass is 241 g/mol. The first-order valence-corrected chi connectivity index (χ1v) is 6.22. The fourth-order valence-electron chi connectivity index (χ4n) is 1.56. The van der Waals surface area contributed by atoms with Gasteiger partial charge in [-0.3, -0.25) is 0 Å². The summed E-state index contributed by atoms with van der Waals surface area (Å²) in [5.41, 5.74) is 0. The van der Waals surface area contributed by atoms with Gasteiger partial charge < -0.3 is 10.1 Å². The first-order valence-electron chi connectivity index (χ1n) is 5.84. The van der Waals surface area contributed by atoms with E-state index in [4.69, 9.17) is 16.3 Å². The van der Waals surface area contributed by atoms with Crippen molar-refractivity contribution in [2.75, 3.05) is 13.2 Å². The lowest BCUT2D eigenvalue weighted by Gasteiger charge is -2.13. The molecule has 1 atom stereocenters. The number of halogens is 1. The number of hydrogen-bond acceptors (Lipinski definition) is 2. The molecule has 16 heavy (non-hydrogen) atoms. The van der Waals surface area contributed by atoms with Crippen molar-refractivity contribution in [3.63, 3.8) is 0 Å². The Kier molecular flexibility index (Phi) is 6.27. The molecule has 0 aromatic heterocycles. The van der Waals surface area contributed by atoms with E-state index in [0.717, 1.165) is 12.3 Å². The van der Waals surface area contributed by atoms with Crippen LogP contribution < -0.4 is 10.1 Å². The van der Waals surface area contributed by atoms with E-state index in [2.05, 4.69) is 19.2 Å². The maximum absolute atomic E-state index is 5.97. The van der Waals surface area contributed by atoms with Crippen molar-refractivity contribution in [3.05, 3.63) is 29.3 Å². The minimum atomic E-state index is 0.555. The highest BCUT2D eigenvalue weighted by Gasteiger charge is 2.01. The fourth-order valence-corrected chi connectivity index (χ4v) is 1.75. The van der Waals surface area contributed by atoms with E-state index in [0.29, 0.717) is 17.7 Å². The third-order valence-electron chi connectivity index (χ3n) is 2.41. The molecule has 1 aromatic rings. The van der Waals surface area contributed by atoms with Crippen molar-refractivity contribution in [1.82, 2.24) is 5.32 Å². The summed E-state index contributed by atoms with van der Waals surface area (Å²) in [5, 5.41) is 4.08. The molecule has 0 radical (unpaired) electrons. The van der Waals surface area contributed by atoms with E-state index in [1.54, 1.807) is 0 Å². The lowest BCUT2D eigenvalue weighted by atomic mass is 10.2. The number of para-hydroxylation sites is 1. The van der Waals surface area contributed by atoms with Crippen molar-refractivity contribution < 1.29 is 4.74 Å². The van der Waals surface area contributed by atoms with Crippen LogP contribution in [0.15, 0.2) is 24.3 Å². The van der Waals surface area contributed by atoms with E-state index in [1.807, 2.05) is 24.3 Å². The first-order chi connectivity index (χ1) is 7.74. The van der Waals surface area contributed by atoms with Gasteiger partial charge in [0, 0.05) is 12.6 Å². The first kappa shape index (κ1) is 13.3. The zero-order valence-electron chi connectivity index (χ0n) is 10.0. The molecule has 0 aliphatic heterocycles. The molecule has 0 fully saturated rings. The Hall–Kier alpha value is -0.730. The highest BCUT2D eigenvalue weighted by atomic mass is 35.5. The van der Waals surface area contributed by atoms with Gasteiger partial charge in [-0.1, -0.05) is 37.1 Å². The standard InChI is InChI=1S/C13H20ClNO/c1-3-6-11(2)15-9-10-16-13-8-5-4-7-12(13)14/h4-5,7-8,11,15H,3,6,9-10H2,1-2H3. The molecule has 0 spiro atoms. The topological polar surface area (TPSA) is 21.3 Å². The summed E-state index contributed by atoms with van der Waals surface area (Å²) in [4.78, 5) is 0. The molecule has 0 saturated carbocycles. The summed E-state index contributed by atoms with van der Waals surface area (Å²) in [6.45, 7) is 5.89. The molecule has 3 heteroatoms. The zero-order valence-corrected chi connectivity index (χ0v) is 10.8. The number of nitrogens with one attached hydrogen (secondary N) is 1. The van der Waals surface area contributed by atoms with E-state index in [-0.39, 0.29) is 0 Å². The van der Waals surface area contributed by atoms with Crippen LogP contribution in [0.2, 0.25) is 5.02 Å². The maximum atomic E-state index is 5.97. The molecule has 0 aliphatic carbocycles. The smallest absolute Gasteiger partial charge is 0.137 e. The molecule has 1 rings (SSSR count). The van der Waals surface area contributed by atoms with Gasteiger partial charge >= 0.3 is 0 Å². The molecule has 0 amide bonds. The molecule has 0 saturated heterocycles. The predicted molar refractivity (Wildman–Crippen MR) is 69.3 cm³/mol. The summed E-state index contributed by atoms with van der Waals surface area (Å²) < 4.78 is 5.57. The van der Waals surface area contributed by atoms with E-state index in [1.165, 1.54) is 12.8 Å². The van der Waals surface area contributed by atoms with Crippen molar-refractivity contribution in [2.45, 2.75) is 32.7 Å². The second-order valence-corrected chi connectivity index (χ2v) is 4.33. The van der Waals surface area contributed by atoms with Gasteiger partial charge in [-0.2, -0.15) is 0 Å². The number of benzene rings is 1. The van der Waals surface area contributed by atoms with Crippen molar-refractivity contribution in [2.24, 2.45) is 0 Å². The summed E-state index contributed by atoms with van der Waals surface area (Å²) in [6.07, 6.45) is 2.41. The molecular formula is C13H20ClNO. The maximum Gasteiger partial charge on any atom is 0.137 e. The van der Waals surface area contributed by atoms with Crippen molar-refractivity contribution in [1.29, 1.82) is 0 Å². The number of ether oxygens (including phenoxy) is 1. The third kappa shape index (κ3) is 4.86. The molecule has 0 bridgehead atoms. The minimum absolute atomic E-state index is 0.555. The van der Waals surface area contributed by atoms with Crippen LogP contribution in [0.4, 0.5) is 0 Å². The van der Waals surface area contributed by atoms with Crippen LogP contribution in [0, 0.1) is 0 Å². The Balaban J connectivity index is 2.19. The minimum Gasteiger partial charge on any atom is -0.491 e. The molecule has 0 aliphatic rings. The predicted octanol–water partition coefficient (Wildman–Crippen LogP) is 3.50. The van der Waals surface area contributed by atoms with Gasteiger partial charge in [0.05, 0.1) is 5.02 Å². The highest BCUT2D eigenvalue weighted by Crippen LogP contribution is 2.22. The van der Waals surface area contributed by atoms with Gasteiger partial charge in [-0.25, -0.2) is 0 Å². The van der Waals surface area contributed by atoms with Gasteiger partial charge in [-0.05, 0) is 25.5 Å². The Morgan fingerprint density at radius 3 is 2.81 bits per heavy atom. The lowest BCUT2D eigenvalue weighted by Crippen LogP contribution is -2.29. The molecule has 0 heterocycles. The zero-order chi connectivity index (χ0) is 11.8. The fraction of sp³-hybridized carbons (Fsp3) is 0.538. The molecule has 2 nitrogen and oxygen atoms in total. The third-order valence-corrected chi connectivity index (χ3v) is 2.72. The van der Waals surface area contributed by atoms with Crippen LogP contribution >= 0.6 is 11.6 Å². The molecular weight excluding hydrogens is 222 g/mol. The number of rotatable bonds is 7. The van der Waals surface area contributed by atoms with Gasteiger partial charge in [0.25, 0.3) is 0 Å². The van der Waals surface area contributed by atoms with E-state index in [9.17, 15) is 0 Å². The lowest BCUT2D eigenvalue weighted by molar-refractivity contribution is 0.305. The van der Waals surface area contributed by atoms with E-state index >= 15 is 0 Å². The Morgan fingerprint density at radius 2 is 2.12 bits per heavy atom. The average Bonchev–Trinajstić information content (AvgIpc) is 2.27. The second kappa shape index (κ2) is 7.53. The molecule has 1 unspecified atom stereocenters. The van der Waals surface area contributed by atoms with Crippen LogP contribution in [0.25, 0.3) is 0 Å². The van der Waals surface area contributed by atoms with Gasteiger partial charge in [0.2, 0.25) is 0 Å². The van der Waals surface area contributed by atoms with Crippen molar-refractivity contribution in [3.8, 4) is 5.75 Å². The number of hydrogen-bond donors (Lipinski definition) is 1. The van der Waals surface area contributed by atoms with Gasteiger partial charge in [-0.15, -0.1) is 0 Å². The Bertz CT molecular complexity index is 304. The van der Waals surface area contributed by atoms with Crippen LogP contribution in [0.5, 0.6) is 5.75 Å². The second-order valence-electron chi connectivity index (χ2n) is 3.92. The van der Waals surface area contributed by atoms with Gasteiger partial charge in [0.1, 0.15) is 12.4 Å². The Labute approximate surface area is 103 Å². The van der Waals surface area contributed by atoms with Crippen LogP contribution in [-0.2, 0) is 0 Å². The SMILES string of the molecule is CCCC(C)NCCOc1ccccc1Cl. The van der Waals surface area contributed by atoms with Crippen LogP contribution in [0.1, 0.15) is 26.7 Å². The summed E-state index contributed by atoms with van der Waals surface area (Å²) in [6, 6.07) is 8.10. The summed E-state index contributed by atoms with van der Waals surface area (Å²) in [5.74, 6) is 0.758. The largest absolute Gasteiger partial charge is 0.491 e. The molecule has 1 N–H and O–H groups in total. The normalized spacial score (nSPS) is 12.4. The highest BCUT2D eigenvalue weighted by molar-refractivity contribution is 6.32. The molecule has 90 valence electrons. The van der Waals surface area contributed by atoms with Gasteiger partial charge in [0.15, 0.2) is 0 Å². The quantitative estimate of drug-likeness (QED) is 0.738. The van der Waals surface area contributed by atoms with Crippen LogP contribution in [-0.4, -0.2) is 19.2 Å².